The maximum Gasteiger partial charge on any atom is 0.414 e. The molecule has 0 spiro atoms. The second kappa shape index (κ2) is 7.90. The lowest BCUT2D eigenvalue weighted by Gasteiger charge is -2.33. The minimum atomic E-state index is -0.529. The van der Waals surface area contributed by atoms with Crippen LogP contribution in [-0.2, 0) is 9.53 Å². The zero-order chi connectivity index (χ0) is 18.7. The van der Waals surface area contributed by atoms with Gasteiger partial charge in [-0.3, -0.25) is 9.69 Å². The van der Waals surface area contributed by atoms with Gasteiger partial charge in [-0.25, -0.2) is 9.18 Å². The molecule has 1 aromatic carbocycles. The Kier molecular flexibility index (Phi) is 5.61. The fourth-order valence-electron chi connectivity index (χ4n) is 3.44. The quantitative estimate of drug-likeness (QED) is 0.828. The van der Waals surface area contributed by atoms with Crippen LogP contribution in [0, 0.1) is 5.82 Å². The Bertz CT molecular complexity index is 678. The van der Waals surface area contributed by atoms with E-state index in [0.717, 1.165) is 25.9 Å². The van der Waals surface area contributed by atoms with Gasteiger partial charge in [0.15, 0.2) is 0 Å². The second-order valence-electron chi connectivity index (χ2n) is 6.78. The summed E-state index contributed by atoms with van der Waals surface area (Å²) in [5.74, 6) is -0.544. The van der Waals surface area contributed by atoms with E-state index < -0.39 is 12.2 Å². The van der Waals surface area contributed by atoms with Crippen LogP contribution in [-0.4, -0.2) is 57.4 Å². The highest BCUT2D eigenvalue weighted by Crippen LogP contribution is 2.29. The Morgan fingerprint density at radius 1 is 1.42 bits per heavy atom. The molecule has 2 heterocycles. The van der Waals surface area contributed by atoms with E-state index in [-0.39, 0.29) is 24.8 Å². The van der Waals surface area contributed by atoms with Crippen LogP contribution in [0.15, 0.2) is 18.2 Å². The van der Waals surface area contributed by atoms with Gasteiger partial charge in [0.25, 0.3) is 0 Å². The topological polar surface area (TPSA) is 73.9 Å². The summed E-state index contributed by atoms with van der Waals surface area (Å²) in [6.07, 6.45) is 0.979. The number of nitrogens with one attached hydrogen (secondary N) is 2. The molecule has 3 rings (SSSR count). The Labute approximate surface area is 152 Å². The molecule has 0 unspecified atom stereocenters. The molecule has 8 heteroatoms. The zero-order valence-corrected chi connectivity index (χ0v) is 15.1. The second-order valence-corrected chi connectivity index (χ2v) is 6.78. The van der Waals surface area contributed by atoms with Gasteiger partial charge in [-0.1, -0.05) is 0 Å². The Balaban J connectivity index is 1.69. The van der Waals surface area contributed by atoms with Crippen molar-refractivity contribution in [2.75, 3.05) is 43.0 Å². The first-order valence-corrected chi connectivity index (χ1v) is 8.91. The van der Waals surface area contributed by atoms with Gasteiger partial charge in [0, 0.05) is 20.0 Å². The molecule has 7 nitrogen and oxygen atoms in total. The maximum absolute atomic E-state index is 14.7. The first-order chi connectivity index (χ1) is 12.5. The Morgan fingerprint density at radius 2 is 2.15 bits per heavy atom. The molecule has 0 radical (unpaired) electrons. The SMILES string of the molecule is CC(=O)NC[C@H]1CN(c2ccc(N(C)C3CCNCC3)c(F)c2)C(=O)O1. The van der Waals surface area contributed by atoms with E-state index in [9.17, 15) is 14.0 Å². The molecule has 0 aliphatic carbocycles. The summed E-state index contributed by atoms with van der Waals surface area (Å²) in [7, 11) is 1.90. The van der Waals surface area contributed by atoms with Crippen LogP contribution in [0.4, 0.5) is 20.6 Å². The summed E-state index contributed by atoms with van der Waals surface area (Å²) in [5.41, 5.74) is 0.989. The van der Waals surface area contributed by atoms with Crippen molar-refractivity contribution in [2.45, 2.75) is 31.9 Å². The number of cyclic esters (lactones) is 1. The normalized spacial score (nSPS) is 20.8. The molecule has 1 aromatic rings. The summed E-state index contributed by atoms with van der Waals surface area (Å²) in [6, 6.07) is 5.11. The fourth-order valence-corrected chi connectivity index (χ4v) is 3.44. The molecule has 1 atom stereocenters. The van der Waals surface area contributed by atoms with E-state index in [1.165, 1.54) is 17.9 Å². The Morgan fingerprint density at radius 3 is 2.81 bits per heavy atom. The number of anilines is 2. The van der Waals surface area contributed by atoms with Crippen molar-refractivity contribution in [1.82, 2.24) is 10.6 Å². The van der Waals surface area contributed by atoms with E-state index in [2.05, 4.69) is 10.6 Å². The van der Waals surface area contributed by atoms with Crippen molar-refractivity contribution in [3.8, 4) is 0 Å². The zero-order valence-electron chi connectivity index (χ0n) is 15.1. The van der Waals surface area contributed by atoms with Crippen molar-refractivity contribution in [1.29, 1.82) is 0 Å². The highest BCUT2D eigenvalue weighted by molar-refractivity contribution is 5.90. The van der Waals surface area contributed by atoms with Crippen molar-refractivity contribution in [3.63, 3.8) is 0 Å². The van der Waals surface area contributed by atoms with E-state index in [1.807, 2.05) is 11.9 Å². The molecule has 2 aliphatic rings. The number of hydrogen-bond donors (Lipinski definition) is 2. The minimum absolute atomic E-state index is 0.184. The van der Waals surface area contributed by atoms with E-state index in [1.54, 1.807) is 12.1 Å². The van der Waals surface area contributed by atoms with Gasteiger partial charge >= 0.3 is 6.09 Å². The number of piperidine rings is 1. The summed E-state index contributed by atoms with van der Waals surface area (Å²) >= 11 is 0. The smallest absolute Gasteiger partial charge is 0.414 e. The molecular formula is C18H25FN4O3. The first-order valence-electron chi connectivity index (χ1n) is 8.91. The molecule has 142 valence electrons. The molecule has 2 amide bonds. The minimum Gasteiger partial charge on any atom is -0.442 e. The number of carbonyl (C=O) groups excluding carboxylic acids is 2. The third kappa shape index (κ3) is 4.07. The lowest BCUT2D eigenvalue weighted by atomic mass is 10.0. The molecule has 2 aliphatic heterocycles. The molecule has 2 saturated heterocycles. The average molecular weight is 364 g/mol. The highest BCUT2D eigenvalue weighted by atomic mass is 19.1. The predicted molar refractivity (Wildman–Crippen MR) is 97.0 cm³/mol. The number of nitrogens with zero attached hydrogens (tertiary/aromatic N) is 2. The van der Waals surface area contributed by atoms with Crippen LogP contribution < -0.4 is 20.4 Å². The summed E-state index contributed by atoms with van der Waals surface area (Å²) < 4.78 is 19.9. The van der Waals surface area contributed by atoms with Gasteiger partial charge in [-0.05, 0) is 44.1 Å². The van der Waals surface area contributed by atoms with Crippen LogP contribution in [0.2, 0.25) is 0 Å². The van der Waals surface area contributed by atoms with E-state index >= 15 is 0 Å². The van der Waals surface area contributed by atoms with Gasteiger partial charge in [-0.15, -0.1) is 0 Å². The molecule has 0 bridgehead atoms. The molecule has 0 aromatic heterocycles. The van der Waals surface area contributed by atoms with Crippen LogP contribution in [0.25, 0.3) is 0 Å². The van der Waals surface area contributed by atoms with E-state index in [4.69, 9.17) is 4.74 Å². The van der Waals surface area contributed by atoms with Crippen molar-refractivity contribution < 1.29 is 18.7 Å². The largest absolute Gasteiger partial charge is 0.442 e. The number of halogens is 1. The maximum atomic E-state index is 14.7. The fraction of sp³-hybridized carbons (Fsp3) is 0.556. The van der Waals surface area contributed by atoms with Gasteiger partial charge in [0.05, 0.1) is 24.5 Å². The van der Waals surface area contributed by atoms with Crippen LogP contribution in [0.3, 0.4) is 0 Å². The molecule has 2 fully saturated rings. The molecular weight excluding hydrogens is 339 g/mol. The summed E-state index contributed by atoms with van der Waals surface area (Å²) in [4.78, 5) is 26.4. The van der Waals surface area contributed by atoms with Crippen LogP contribution >= 0.6 is 0 Å². The van der Waals surface area contributed by atoms with E-state index in [0.29, 0.717) is 17.4 Å². The van der Waals surface area contributed by atoms with Gasteiger partial charge in [0.2, 0.25) is 5.91 Å². The monoisotopic (exact) mass is 364 g/mol. The Hall–Kier alpha value is -2.35. The van der Waals surface area contributed by atoms with Crippen molar-refractivity contribution in [3.05, 3.63) is 24.0 Å². The van der Waals surface area contributed by atoms with Crippen molar-refractivity contribution in [2.24, 2.45) is 0 Å². The number of hydrogen-bond acceptors (Lipinski definition) is 5. The number of amides is 2. The number of benzene rings is 1. The molecule has 0 saturated carbocycles. The molecule has 2 N–H and O–H groups in total. The van der Waals surface area contributed by atoms with Crippen LogP contribution in [0.5, 0.6) is 0 Å². The number of rotatable bonds is 5. The van der Waals surface area contributed by atoms with Gasteiger partial charge in [-0.2, -0.15) is 0 Å². The summed E-state index contributed by atoms with van der Waals surface area (Å²) in [5, 5.41) is 5.93. The predicted octanol–water partition coefficient (Wildman–Crippen LogP) is 1.48. The number of ether oxygens (including phenoxy) is 1. The third-order valence-corrected chi connectivity index (χ3v) is 4.93. The third-order valence-electron chi connectivity index (χ3n) is 4.93. The number of carbonyl (C=O) groups is 2. The van der Waals surface area contributed by atoms with Crippen molar-refractivity contribution >= 4 is 23.4 Å². The van der Waals surface area contributed by atoms with Crippen LogP contribution in [0.1, 0.15) is 19.8 Å². The van der Waals surface area contributed by atoms with Gasteiger partial charge < -0.3 is 20.3 Å². The summed E-state index contributed by atoms with van der Waals surface area (Å²) in [6.45, 7) is 3.80. The standard InChI is InChI=1S/C18H25FN4O3/c1-12(24)21-10-15-11-23(18(25)26-15)14-3-4-17(16(19)9-14)22(2)13-5-7-20-8-6-13/h3-4,9,13,15,20H,5-8,10-11H2,1-2H3,(H,21,24)/t15-/m0/s1. The first kappa shape index (κ1) is 18.4. The van der Waals surface area contributed by atoms with Gasteiger partial charge in [0.1, 0.15) is 11.9 Å². The lowest BCUT2D eigenvalue weighted by molar-refractivity contribution is -0.119. The average Bonchev–Trinajstić information content (AvgIpc) is 3.01. The molecule has 26 heavy (non-hydrogen) atoms. The highest BCUT2D eigenvalue weighted by Gasteiger charge is 2.33. The lowest BCUT2D eigenvalue weighted by Crippen LogP contribution is -2.41.